The number of hydrogen-bond donors (Lipinski definition) is 2. The van der Waals surface area contributed by atoms with Crippen molar-refractivity contribution >= 4 is 5.91 Å². The summed E-state index contributed by atoms with van der Waals surface area (Å²) >= 11 is 0. The lowest BCUT2D eigenvalue weighted by atomic mass is 9.89. The van der Waals surface area contributed by atoms with Gasteiger partial charge in [-0.3, -0.25) is 4.79 Å². The van der Waals surface area contributed by atoms with Gasteiger partial charge in [-0.2, -0.15) is 0 Å². The average Bonchev–Trinajstić information content (AvgIpc) is 3.45. The average molecular weight is 409 g/mol. The summed E-state index contributed by atoms with van der Waals surface area (Å²) in [6, 6.07) is 12.2. The zero-order chi connectivity index (χ0) is 21.0. The first kappa shape index (κ1) is 20.1. The molecule has 1 amide bonds. The van der Waals surface area contributed by atoms with E-state index in [1.54, 1.807) is 25.6 Å². The number of hydrogen-bond acceptors (Lipinski definition) is 4. The topological polar surface area (TPSA) is 76.2 Å². The molecule has 6 nitrogen and oxygen atoms in total. The van der Waals surface area contributed by atoms with Gasteiger partial charge < -0.3 is 19.8 Å². The molecule has 0 saturated carbocycles. The number of H-pyrrole nitrogens is 1. The molecular formula is C23H24FN3O3. The van der Waals surface area contributed by atoms with Gasteiger partial charge in [0.25, 0.3) is 5.91 Å². The van der Waals surface area contributed by atoms with Crippen LogP contribution in [0.4, 0.5) is 4.39 Å². The molecule has 1 unspecified atom stereocenters. The fraction of sp³-hybridized carbons (Fsp3) is 0.304. The molecule has 0 spiro atoms. The molecule has 1 fully saturated rings. The van der Waals surface area contributed by atoms with Gasteiger partial charge in [-0.15, -0.1) is 0 Å². The van der Waals surface area contributed by atoms with Crippen molar-refractivity contribution in [2.75, 3.05) is 13.7 Å². The van der Waals surface area contributed by atoms with Crippen molar-refractivity contribution in [2.45, 2.75) is 31.4 Å². The molecule has 7 heteroatoms. The Balaban J connectivity index is 1.50. The monoisotopic (exact) mass is 409 g/mol. The molecule has 1 atom stereocenters. The van der Waals surface area contributed by atoms with Crippen LogP contribution in [0.15, 0.2) is 54.9 Å². The standard InChI is InChI=1S/C23H24FN3O3/c1-29-20-8-7-18(24)13-19(20)17-5-3-16(4-6-17)14-23(9-2-12-30-23)22(28)27-15-21-25-10-11-26-21/h3-8,10-11,13H,2,9,12,14-15H2,1H3,(H,25,26)(H,27,28). The highest BCUT2D eigenvalue weighted by atomic mass is 19.1. The van der Waals surface area contributed by atoms with E-state index in [4.69, 9.17) is 9.47 Å². The molecule has 0 bridgehead atoms. The number of imidazole rings is 1. The minimum Gasteiger partial charge on any atom is -0.496 e. The van der Waals surface area contributed by atoms with Gasteiger partial charge in [-0.25, -0.2) is 9.37 Å². The Hall–Kier alpha value is -3.19. The maximum Gasteiger partial charge on any atom is 0.252 e. The van der Waals surface area contributed by atoms with Gasteiger partial charge >= 0.3 is 0 Å². The van der Waals surface area contributed by atoms with Crippen LogP contribution in [0.3, 0.4) is 0 Å². The van der Waals surface area contributed by atoms with Crippen molar-refractivity contribution in [2.24, 2.45) is 0 Å². The summed E-state index contributed by atoms with van der Waals surface area (Å²) < 4.78 is 25.0. The summed E-state index contributed by atoms with van der Waals surface area (Å²) in [5, 5.41) is 2.93. The van der Waals surface area contributed by atoms with E-state index in [1.807, 2.05) is 24.3 Å². The molecule has 0 aliphatic carbocycles. The quantitative estimate of drug-likeness (QED) is 0.625. The Morgan fingerprint density at radius 3 is 2.80 bits per heavy atom. The van der Waals surface area contributed by atoms with Gasteiger partial charge in [0.1, 0.15) is 17.4 Å². The molecule has 1 aliphatic rings. The zero-order valence-corrected chi connectivity index (χ0v) is 16.8. The number of methoxy groups -OCH3 is 1. The van der Waals surface area contributed by atoms with Crippen LogP contribution in [0.1, 0.15) is 24.2 Å². The largest absolute Gasteiger partial charge is 0.496 e. The van der Waals surface area contributed by atoms with Crippen LogP contribution < -0.4 is 10.1 Å². The lowest BCUT2D eigenvalue weighted by molar-refractivity contribution is -0.141. The van der Waals surface area contributed by atoms with Crippen molar-refractivity contribution in [3.05, 3.63) is 72.1 Å². The van der Waals surface area contributed by atoms with Gasteiger partial charge in [0.15, 0.2) is 5.60 Å². The van der Waals surface area contributed by atoms with Crippen molar-refractivity contribution < 1.29 is 18.7 Å². The smallest absolute Gasteiger partial charge is 0.252 e. The normalized spacial score (nSPS) is 18.3. The molecule has 0 radical (unpaired) electrons. The minimum absolute atomic E-state index is 0.132. The molecular weight excluding hydrogens is 385 g/mol. The third-order valence-corrected chi connectivity index (χ3v) is 5.40. The van der Waals surface area contributed by atoms with E-state index in [0.717, 1.165) is 17.5 Å². The van der Waals surface area contributed by atoms with Crippen LogP contribution in [0.25, 0.3) is 11.1 Å². The second-order valence-electron chi connectivity index (χ2n) is 7.38. The molecule has 30 heavy (non-hydrogen) atoms. The van der Waals surface area contributed by atoms with Crippen LogP contribution in [0.5, 0.6) is 5.75 Å². The Morgan fingerprint density at radius 2 is 2.13 bits per heavy atom. The summed E-state index contributed by atoms with van der Waals surface area (Å²) in [4.78, 5) is 20.0. The second-order valence-corrected chi connectivity index (χ2v) is 7.38. The first-order valence-electron chi connectivity index (χ1n) is 9.93. The van der Waals surface area contributed by atoms with Gasteiger partial charge in [0, 0.05) is 31.0 Å². The number of rotatable bonds is 7. The molecule has 2 heterocycles. The van der Waals surface area contributed by atoms with Gasteiger partial charge in [0.05, 0.1) is 13.7 Å². The van der Waals surface area contributed by atoms with Crippen LogP contribution >= 0.6 is 0 Å². The summed E-state index contributed by atoms with van der Waals surface area (Å²) in [6.07, 6.45) is 5.34. The summed E-state index contributed by atoms with van der Waals surface area (Å²) in [6.45, 7) is 0.891. The number of aromatic amines is 1. The summed E-state index contributed by atoms with van der Waals surface area (Å²) in [5.41, 5.74) is 1.62. The predicted octanol–water partition coefficient (Wildman–Crippen LogP) is 3.63. The Bertz CT molecular complexity index is 997. The SMILES string of the molecule is COc1ccc(F)cc1-c1ccc(CC2(C(=O)NCc3ncc[nH]3)CCCO2)cc1. The van der Waals surface area contributed by atoms with Crippen molar-refractivity contribution in [1.82, 2.24) is 15.3 Å². The number of carbonyl (C=O) groups is 1. The fourth-order valence-electron chi connectivity index (χ4n) is 3.85. The Morgan fingerprint density at radius 1 is 1.30 bits per heavy atom. The van der Waals surface area contributed by atoms with E-state index in [0.29, 0.717) is 43.1 Å². The highest BCUT2D eigenvalue weighted by Gasteiger charge is 2.42. The van der Waals surface area contributed by atoms with E-state index < -0.39 is 5.60 Å². The lowest BCUT2D eigenvalue weighted by Gasteiger charge is -2.27. The minimum atomic E-state index is -0.884. The maximum atomic E-state index is 13.7. The first-order chi connectivity index (χ1) is 14.6. The number of halogens is 1. The van der Waals surface area contributed by atoms with Crippen molar-refractivity contribution in [3.8, 4) is 16.9 Å². The highest BCUT2D eigenvalue weighted by molar-refractivity contribution is 5.86. The van der Waals surface area contributed by atoms with E-state index in [2.05, 4.69) is 15.3 Å². The zero-order valence-electron chi connectivity index (χ0n) is 16.8. The van der Waals surface area contributed by atoms with Gasteiger partial charge in [-0.1, -0.05) is 24.3 Å². The Labute approximate surface area is 174 Å². The second kappa shape index (κ2) is 8.67. The number of nitrogens with one attached hydrogen (secondary N) is 2. The van der Waals surface area contributed by atoms with Crippen molar-refractivity contribution in [1.29, 1.82) is 0 Å². The molecule has 156 valence electrons. The summed E-state index contributed by atoms with van der Waals surface area (Å²) in [7, 11) is 1.56. The van der Waals surface area contributed by atoms with Crippen LogP contribution in [0, 0.1) is 5.82 Å². The van der Waals surface area contributed by atoms with Crippen LogP contribution in [-0.2, 0) is 22.5 Å². The highest BCUT2D eigenvalue weighted by Crippen LogP contribution is 2.33. The first-order valence-corrected chi connectivity index (χ1v) is 9.93. The van der Waals surface area contributed by atoms with Gasteiger partial charge in [-0.05, 0) is 42.2 Å². The number of nitrogens with zero attached hydrogens (tertiary/aromatic N) is 1. The Kier molecular flexibility index (Phi) is 5.81. The molecule has 4 rings (SSSR count). The van der Waals surface area contributed by atoms with E-state index in [1.165, 1.54) is 12.1 Å². The van der Waals surface area contributed by atoms with Crippen molar-refractivity contribution in [3.63, 3.8) is 0 Å². The summed E-state index contributed by atoms with van der Waals surface area (Å²) in [5.74, 6) is 0.857. The lowest BCUT2D eigenvalue weighted by Crippen LogP contribution is -2.47. The third-order valence-electron chi connectivity index (χ3n) is 5.40. The van der Waals surface area contributed by atoms with E-state index >= 15 is 0 Å². The number of carbonyl (C=O) groups excluding carboxylic acids is 1. The number of amides is 1. The number of aromatic nitrogens is 2. The van der Waals surface area contributed by atoms with E-state index in [-0.39, 0.29) is 11.7 Å². The van der Waals surface area contributed by atoms with E-state index in [9.17, 15) is 9.18 Å². The maximum absolute atomic E-state index is 13.7. The molecule has 1 saturated heterocycles. The fourth-order valence-corrected chi connectivity index (χ4v) is 3.85. The number of benzene rings is 2. The molecule has 1 aliphatic heterocycles. The molecule has 2 N–H and O–H groups in total. The van der Waals surface area contributed by atoms with Crippen LogP contribution in [-0.4, -0.2) is 35.2 Å². The molecule has 1 aromatic heterocycles. The van der Waals surface area contributed by atoms with Crippen LogP contribution in [0.2, 0.25) is 0 Å². The third kappa shape index (κ3) is 4.21. The number of ether oxygens (including phenoxy) is 2. The molecule has 2 aromatic carbocycles. The molecule has 3 aromatic rings. The predicted molar refractivity (Wildman–Crippen MR) is 110 cm³/mol. The van der Waals surface area contributed by atoms with Gasteiger partial charge in [0.2, 0.25) is 0 Å².